The minimum absolute atomic E-state index is 0.679. The summed E-state index contributed by atoms with van der Waals surface area (Å²) in [5, 5.41) is 0. The smallest absolute Gasteiger partial charge is 0.145 e. The number of piperidine rings is 1. The van der Waals surface area contributed by atoms with Gasteiger partial charge in [-0.05, 0) is 25.2 Å². The molecule has 2 unspecified atom stereocenters. The lowest BCUT2D eigenvalue weighted by atomic mass is 9.89. The summed E-state index contributed by atoms with van der Waals surface area (Å²) in [5.74, 6) is 9.31. The van der Waals surface area contributed by atoms with Crippen LogP contribution in [0.3, 0.4) is 0 Å². The normalized spacial score (nSPS) is 24.8. The number of hydrazine groups is 1. The zero-order valence-corrected chi connectivity index (χ0v) is 10.8. The zero-order valence-electron chi connectivity index (χ0n) is 10.8. The summed E-state index contributed by atoms with van der Waals surface area (Å²) in [7, 11) is 0. The molecule has 17 heavy (non-hydrogen) atoms. The number of anilines is 2. The summed E-state index contributed by atoms with van der Waals surface area (Å²) >= 11 is 0. The molecule has 2 heterocycles. The Morgan fingerprint density at radius 3 is 2.76 bits per heavy atom. The average Bonchev–Trinajstić information content (AvgIpc) is 2.32. The van der Waals surface area contributed by atoms with Crippen molar-refractivity contribution in [2.24, 2.45) is 17.7 Å². The Balaban J connectivity index is 2.19. The molecule has 0 amide bonds. The Hall–Kier alpha value is -1.36. The molecule has 1 fully saturated rings. The van der Waals surface area contributed by atoms with E-state index in [0.29, 0.717) is 11.7 Å². The van der Waals surface area contributed by atoms with E-state index in [1.807, 2.05) is 13.0 Å². The molecular weight excluding hydrogens is 214 g/mol. The van der Waals surface area contributed by atoms with Gasteiger partial charge in [0.25, 0.3) is 0 Å². The fourth-order valence-electron chi connectivity index (χ4n) is 2.26. The van der Waals surface area contributed by atoms with Crippen molar-refractivity contribution in [2.45, 2.75) is 27.2 Å². The van der Waals surface area contributed by atoms with Crippen LogP contribution in [0.5, 0.6) is 0 Å². The molecule has 1 aliphatic rings. The van der Waals surface area contributed by atoms with Crippen molar-refractivity contribution in [3.05, 3.63) is 11.9 Å². The molecular formula is C12H21N5. The third-order valence-electron chi connectivity index (χ3n) is 3.63. The minimum atomic E-state index is 0.679. The first-order chi connectivity index (χ1) is 8.10. The maximum Gasteiger partial charge on any atom is 0.145 e. The predicted octanol–water partition coefficient (Wildman–Crippen LogP) is 1.55. The second-order valence-electron chi connectivity index (χ2n) is 4.99. The van der Waals surface area contributed by atoms with Gasteiger partial charge in [0, 0.05) is 19.2 Å². The second-order valence-corrected chi connectivity index (χ2v) is 4.99. The lowest BCUT2D eigenvalue weighted by Crippen LogP contribution is -2.39. The predicted molar refractivity (Wildman–Crippen MR) is 69.7 cm³/mol. The first-order valence-electron chi connectivity index (χ1n) is 6.17. The molecule has 1 aromatic heterocycles. The first kappa shape index (κ1) is 12.1. The Bertz CT molecular complexity index is 392. The molecule has 2 atom stereocenters. The topological polar surface area (TPSA) is 67.1 Å². The first-order valence-corrected chi connectivity index (χ1v) is 6.17. The van der Waals surface area contributed by atoms with Gasteiger partial charge in [0.1, 0.15) is 17.5 Å². The van der Waals surface area contributed by atoms with E-state index < -0.39 is 0 Å². The Morgan fingerprint density at radius 2 is 2.12 bits per heavy atom. The highest BCUT2D eigenvalue weighted by Crippen LogP contribution is 2.26. The maximum absolute atomic E-state index is 5.41. The molecule has 2 rings (SSSR count). The van der Waals surface area contributed by atoms with Crippen molar-refractivity contribution in [1.82, 2.24) is 9.97 Å². The SMILES string of the molecule is Cc1nc(NN)cc(N2CCC(C)C(C)C2)n1. The van der Waals surface area contributed by atoms with Crippen molar-refractivity contribution in [3.8, 4) is 0 Å². The van der Waals surface area contributed by atoms with Gasteiger partial charge in [0.15, 0.2) is 0 Å². The van der Waals surface area contributed by atoms with Crippen LogP contribution < -0.4 is 16.2 Å². The molecule has 1 aliphatic heterocycles. The summed E-state index contributed by atoms with van der Waals surface area (Å²) in [6.07, 6.45) is 1.22. The van der Waals surface area contributed by atoms with Crippen molar-refractivity contribution in [2.75, 3.05) is 23.4 Å². The number of nitrogens with one attached hydrogen (secondary N) is 1. The molecule has 5 heteroatoms. The van der Waals surface area contributed by atoms with Crippen LogP contribution in [0.2, 0.25) is 0 Å². The van der Waals surface area contributed by atoms with Crippen LogP contribution in [-0.2, 0) is 0 Å². The van der Waals surface area contributed by atoms with Gasteiger partial charge in [-0.25, -0.2) is 15.8 Å². The molecule has 0 saturated carbocycles. The van der Waals surface area contributed by atoms with Crippen molar-refractivity contribution >= 4 is 11.6 Å². The number of nitrogen functional groups attached to an aromatic ring is 1. The van der Waals surface area contributed by atoms with E-state index in [2.05, 4.69) is 34.1 Å². The Morgan fingerprint density at radius 1 is 1.35 bits per heavy atom. The second kappa shape index (κ2) is 4.87. The lowest BCUT2D eigenvalue weighted by Gasteiger charge is -2.36. The summed E-state index contributed by atoms with van der Waals surface area (Å²) in [4.78, 5) is 11.0. The molecule has 1 saturated heterocycles. The summed E-state index contributed by atoms with van der Waals surface area (Å²) in [6.45, 7) is 8.63. The van der Waals surface area contributed by atoms with Crippen molar-refractivity contribution < 1.29 is 0 Å². The molecule has 1 aromatic rings. The third kappa shape index (κ3) is 2.66. The fourth-order valence-corrected chi connectivity index (χ4v) is 2.26. The molecule has 0 aromatic carbocycles. The highest BCUT2D eigenvalue weighted by atomic mass is 15.3. The largest absolute Gasteiger partial charge is 0.356 e. The highest BCUT2D eigenvalue weighted by Gasteiger charge is 2.23. The van der Waals surface area contributed by atoms with Crippen molar-refractivity contribution in [3.63, 3.8) is 0 Å². The number of hydrogen-bond acceptors (Lipinski definition) is 5. The molecule has 0 radical (unpaired) electrons. The van der Waals surface area contributed by atoms with Gasteiger partial charge >= 0.3 is 0 Å². The van der Waals surface area contributed by atoms with E-state index >= 15 is 0 Å². The van der Waals surface area contributed by atoms with E-state index in [-0.39, 0.29) is 0 Å². The number of hydrogen-bond donors (Lipinski definition) is 2. The maximum atomic E-state index is 5.41. The molecule has 0 aliphatic carbocycles. The average molecular weight is 235 g/mol. The van der Waals surface area contributed by atoms with Crippen LogP contribution in [0, 0.1) is 18.8 Å². The molecule has 5 nitrogen and oxygen atoms in total. The standard InChI is InChI=1S/C12H21N5/c1-8-4-5-17(7-9(8)2)12-6-11(16-13)14-10(3)15-12/h6,8-9H,4-5,7,13H2,1-3H3,(H,14,15,16). The van der Waals surface area contributed by atoms with Gasteiger partial charge in [-0.3, -0.25) is 0 Å². The van der Waals surface area contributed by atoms with E-state index in [1.165, 1.54) is 6.42 Å². The summed E-state index contributed by atoms with van der Waals surface area (Å²) in [5.41, 5.74) is 2.59. The van der Waals surface area contributed by atoms with Gasteiger partial charge in [-0.2, -0.15) is 0 Å². The minimum Gasteiger partial charge on any atom is -0.356 e. The van der Waals surface area contributed by atoms with E-state index in [0.717, 1.165) is 30.6 Å². The highest BCUT2D eigenvalue weighted by molar-refractivity contribution is 5.49. The Kier molecular flexibility index (Phi) is 3.47. The van der Waals surface area contributed by atoms with Crippen LogP contribution in [0.15, 0.2) is 6.07 Å². The van der Waals surface area contributed by atoms with Gasteiger partial charge in [-0.15, -0.1) is 0 Å². The van der Waals surface area contributed by atoms with E-state index in [4.69, 9.17) is 5.84 Å². The quantitative estimate of drug-likeness (QED) is 0.601. The van der Waals surface area contributed by atoms with Crippen LogP contribution in [0.25, 0.3) is 0 Å². The number of aromatic nitrogens is 2. The van der Waals surface area contributed by atoms with Gasteiger partial charge < -0.3 is 10.3 Å². The molecule has 0 bridgehead atoms. The molecule has 94 valence electrons. The van der Waals surface area contributed by atoms with Gasteiger partial charge in [-0.1, -0.05) is 13.8 Å². The number of aryl methyl sites for hydroxylation is 1. The lowest BCUT2D eigenvalue weighted by molar-refractivity contribution is 0.322. The van der Waals surface area contributed by atoms with Gasteiger partial charge in [0.05, 0.1) is 0 Å². The zero-order chi connectivity index (χ0) is 12.4. The molecule has 3 N–H and O–H groups in total. The Labute approximate surface area is 102 Å². The van der Waals surface area contributed by atoms with E-state index in [1.54, 1.807) is 0 Å². The fraction of sp³-hybridized carbons (Fsp3) is 0.667. The molecule has 0 spiro atoms. The van der Waals surface area contributed by atoms with Gasteiger partial charge in [0.2, 0.25) is 0 Å². The number of rotatable bonds is 2. The summed E-state index contributed by atoms with van der Waals surface area (Å²) < 4.78 is 0. The third-order valence-corrected chi connectivity index (χ3v) is 3.63. The van der Waals surface area contributed by atoms with Crippen LogP contribution in [0.4, 0.5) is 11.6 Å². The van der Waals surface area contributed by atoms with E-state index in [9.17, 15) is 0 Å². The summed E-state index contributed by atoms with van der Waals surface area (Å²) in [6, 6.07) is 1.91. The number of nitrogens with two attached hydrogens (primary N) is 1. The van der Waals surface area contributed by atoms with Crippen LogP contribution in [-0.4, -0.2) is 23.1 Å². The van der Waals surface area contributed by atoms with Crippen LogP contribution >= 0.6 is 0 Å². The van der Waals surface area contributed by atoms with Crippen molar-refractivity contribution in [1.29, 1.82) is 0 Å². The van der Waals surface area contributed by atoms with Crippen LogP contribution in [0.1, 0.15) is 26.1 Å². The monoisotopic (exact) mass is 235 g/mol. The number of nitrogens with zero attached hydrogens (tertiary/aromatic N) is 3.